The molecule has 1 heterocycles. The third-order valence-corrected chi connectivity index (χ3v) is 3.14. The van der Waals surface area contributed by atoms with Crippen LogP contribution in [-0.4, -0.2) is 10.9 Å². The van der Waals surface area contributed by atoms with Crippen molar-refractivity contribution in [2.45, 2.75) is 13.0 Å². The lowest BCUT2D eigenvalue weighted by atomic mass is 10.1. The van der Waals surface area contributed by atoms with Gasteiger partial charge in [0.2, 0.25) is 0 Å². The molecule has 0 saturated carbocycles. The fraction of sp³-hybridized carbons (Fsp3) is 0.154. The molecule has 0 bridgehead atoms. The van der Waals surface area contributed by atoms with Gasteiger partial charge in [-0.15, -0.1) is 11.3 Å². The number of thiazole rings is 1. The summed E-state index contributed by atoms with van der Waals surface area (Å²) >= 11 is 1.39. The average molecular weight is 257 g/mol. The van der Waals surface area contributed by atoms with E-state index in [-0.39, 0.29) is 11.9 Å². The number of hydrogen-bond donors (Lipinski definition) is 1. The summed E-state index contributed by atoms with van der Waals surface area (Å²) in [5, 5.41) is 13.3. The van der Waals surface area contributed by atoms with Crippen molar-refractivity contribution in [2.24, 2.45) is 0 Å². The van der Waals surface area contributed by atoms with Gasteiger partial charge in [-0.2, -0.15) is 5.26 Å². The van der Waals surface area contributed by atoms with Crippen molar-refractivity contribution in [3.8, 4) is 6.07 Å². The number of carbonyl (C=O) groups is 1. The van der Waals surface area contributed by atoms with E-state index in [1.165, 1.54) is 11.3 Å². The molecule has 1 aromatic carbocycles. The predicted molar refractivity (Wildman–Crippen MR) is 69.2 cm³/mol. The van der Waals surface area contributed by atoms with Gasteiger partial charge in [0.25, 0.3) is 5.91 Å². The van der Waals surface area contributed by atoms with Gasteiger partial charge in [0.05, 0.1) is 23.2 Å². The number of nitrogens with one attached hydrogen (secondary N) is 1. The Morgan fingerprint density at radius 2 is 2.17 bits per heavy atom. The zero-order valence-electron chi connectivity index (χ0n) is 9.75. The van der Waals surface area contributed by atoms with Gasteiger partial charge in [0.15, 0.2) is 0 Å². The van der Waals surface area contributed by atoms with Crippen molar-refractivity contribution in [2.75, 3.05) is 0 Å². The first-order chi connectivity index (χ1) is 8.70. The Morgan fingerprint density at radius 3 is 2.72 bits per heavy atom. The fourth-order valence-corrected chi connectivity index (χ4v) is 2.06. The largest absolute Gasteiger partial charge is 0.344 e. The van der Waals surface area contributed by atoms with Gasteiger partial charge >= 0.3 is 0 Å². The van der Waals surface area contributed by atoms with E-state index >= 15 is 0 Å². The van der Waals surface area contributed by atoms with E-state index < -0.39 is 0 Å². The van der Waals surface area contributed by atoms with Crippen LogP contribution in [0.15, 0.2) is 35.2 Å². The van der Waals surface area contributed by atoms with Crippen LogP contribution in [0.3, 0.4) is 0 Å². The van der Waals surface area contributed by atoms with Crippen molar-refractivity contribution >= 4 is 17.2 Å². The molecule has 4 nitrogen and oxygen atoms in total. The molecular weight excluding hydrogens is 246 g/mol. The predicted octanol–water partition coefficient (Wildman–Crippen LogP) is 2.51. The summed E-state index contributed by atoms with van der Waals surface area (Å²) < 4.78 is 0. The Bertz CT molecular complexity index is 569. The maximum absolute atomic E-state index is 11.8. The third kappa shape index (κ3) is 2.73. The summed E-state index contributed by atoms with van der Waals surface area (Å²) in [6, 6.07) is 9.09. The molecule has 0 spiro atoms. The van der Waals surface area contributed by atoms with Crippen molar-refractivity contribution in [3.63, 3.8) is 0 Å². The van der Waals surface area contributed by atoms with Crippen LogP contribution in [0.25, 0.3) is 0 Å². The van der Waals surface area contributed by atoms with Gasteiger partial charge in [-0.25, -0.2) is 4.98 Å². The Morgan fingerprint density at radius 1 is 1.44 bits per heavy atom. The molecule has 1 N–H and O–H groups in total. The minimum atomic E-state index is -0.187. The molecule has 18 heavy (non-hydrogen) atoms. The molecule has 0 aliphatic carbocycles. The number of carbonyl (C=O) groups excluding carboxylic acids is 1. The third-order valence-electron chi connectivity index (χ3n) is 2.55. The van der Waals surface area contributed by atoms with E-state index in [0.717, 1.165) is 5.56 Å². The number of nitrogens with zero attached hydrogens (tertiary/aromatic N) is 2. The van der Waals surface area contributed by atoms with Crippen LogP contribution in [0, 0.1) is 11.3 Å². The lowest BCUT2D eigenvalue weighted by Crippen LogP contribution is -2.26. The van der Waals surface area contributed by atoms with Gasteiger partial charge < -0.3 is 5.32 Å². The Kier molecular flexibility index (Phi) is 3.70. The Hall–Kier alpha value is -2.19. The second-order valence-electron chi connectivity index (χ2n) is 3.80. The van der Waals surface area contributed by atoms with Crippen LogP contribution in [0.1, 0.15) is 34.6 Å². The molecule has 90 valence electrons. The quantitative estimate of drug-likeness (QED) is 0.918. The molecule has 0 aliphatic heterocycles. The molecule has 1 aromatic heterocycles. The van der Waals surface area contributed by atoms with E-state index in [2.05, 4.69) is 16.4 Å². The molecule has 1 unspecified atom stereocenters. The monoisotopic (exact) mass is 257 g/mol. The maximum atomic E-state index is 11.8. The minimum absolute atomic E-state index is 0.119. The molecule has 1 amide bonds. The van der Waals surface area contributed by atoms with Gasteiger partial charge in [-0.05, 0) is 24.6 Å². The van der Waals surface area contributed by atoms with Crippen molar-refractivity contribution in [1.29, 1.82) is 5.26 Å². The molecular formula is C13H11N3OS. The summed E-state index contributed by atoms with van der Waals surface area (Å²) in [4.78, 5) is 15.7. The normalized spacial score (nSPS) is 11.6. The van der Waals surface area contributed by atoms with Crippen LogP contribution in [0.4, 0.5) is 0 Å². The summed E-state index contributed by atoms with van der Waals surface area (Å²) in [7, 11) is 0. The molecule has 2 rings (SSSR count). The van der Waals surface area contributed by atoms with Gasteiger partial charge in [0.1, 0.15) is 5.69 Å². The fourth-order valence-electron chi connectivity index (χ4n) is 1.52. The first kappa shape index (κ1) is 12.3. The lowest BCUT2D eigenvalue weighted by molar-refractivity contribution is 0.0935. The van der Waals surface area contributed by atoms with Crippen molar-refractivity contribution < 1.29 is 4.79 Å². The Balaban J connectivity index is 2.05. The first-order valence-corrected chi connectivity index (χ1v) is 6.34. The number of rotatable bonds is 3. The Labute approximate surface area is 109 Å². The topological polar surface area (TPSA) is 65.8 Å². The molecule has 5 heteroatoms. The molecule has 2 aromatic rings. The first-order valence-electron chi connectivity index (χ1n) is 5.40. The van der Waals surface area contributed by atoms with Crippen LogP contribution in [0.2, 0.25) is 0 Å². The van der Waals surface area contributed by atoms with E-state index in [1.54, 1.807) is 23.0 Å². The average Bonchev–Trinajstić information content (AvgIpc) is 2.92. The van der Waals surface area contributed by atoms with Crippen LogP contribution in [0.5, 0.6) is 0 Å². The van der Waals surface area contributed by atoms with Crippen LogP contribution < -0.4 is 5.32 Å². The van der Waals surface area contributed by atoms with Crippen LogP contribution >= 0.6 is 11.3 Å². The number of nitriles is 1. The highest BCUT2D eigenvalue weighted by molar-refractivity contribution is 7.07. The number of hydrogen-bond acceptors (Lipinski definition) is 4. The van der Waals surface area contributed by atoms with E-state index in [1.807, 2.05) is 19.1 Å². The van der Waals surface area contributed by atoms with Crippen molar-refractivity contribution in [3.05, 3.63) is 52.0 Å². The van der Waals surface area contributed by atoms with E-state index in [4.69, 9.17) is 5.26 Å². The molecule has 0 fully saturated rings. The summed E-state index contributed by atoms with van der Waals surface area (Å²) in [5.41, 5.74) is 3.62. The van der Waals surface area contributed by atoms with Gasteiger partial charge in [-0.3, -0.25) is 4.79 Å². The minimum Gasteiger partial charge on any atom is -0.344 e. The SMILES string of the molecule is CC(NC(=O)c1cscn1)c1ccc(C#N)cc1. The smallest absolute Gasteiger partial charge is 0.271 e. The van der Waals surface area contributed by atoms with Crippen molar-refractivity contribution in [1.82, 2.24) is 10.3 Å². The van der Waals surface area contributed by atoms with Crippen LogP contribution in [-0.2, 0) is 0 Å². The summed E-state index contributed by atoms with van der Waals surface area (Å²) in [6.07, 6.45) is 0. The van der Waals surface area contributed by atoms with Gasteiger partial charge in [-0.1, -0.05) is 12.1 Å². The molecule has 1 atom stereocenters. The highest BCUT2D eigenvalue weighted by Gasteiger charge is 2.12. The number of benzene rings is 1. The zero-order chi connectivity index (χ0) is 13.0. The maximum Gasteiger partial charge on any atom is 0.271 e. The summed E-state index contributed by atoms with van der Waals surface area (Å²) in [5.74, 6) is -0.187. The highest BCUT2D eigenvalue weighted by Crippen LogP contribution is 2.14. The number of aromatic nitrogens is 1. The number of amides is 1. The second kappa shape index (κ2) is 5.43. The molecule has 0 saturated heterocycles. The zero-order valence-corrected chi connectivity index (χ0v) is 10.6. The van der Waals surface area contributed by atoms with E-state index in [0.29, 0.717) is 11.3 Å². The lowest BCUT2D eigenvalue weighted by Gasteiger charge is -2.13. The molecule has 0 radical (unpaired) electrons. The highest BCUT2D eigenvalue weighted by atomic mass is 32.1. The van der Waals surface area contributed by atoms with Gasteiger partial charge in [0, 0.05) is 5.38 Å². The van der Waals surface area contributed by atoms with E-state index in [9.17, 15) is 4.79 Å². The molecule has 0 aliphatic rings. The standard InChI is InChI=1S/C13H11N3OS/c1-9(11-4-2-10(6-14)3-5-11)16-13(17)12-7-18-8-15-12/h2-5,7-9H,1H3,(H,16,17). The summed E-state index contributed by atoms with van der Waals surface area (Å²) in [6.45, 7) is 1.89. The second-order valence-corrected chi connectivity index (χ2v) is 4.52.